The number of halogens is 5. The van der Waals surface area contributed by atoms with Gasteiger partial charge in [-0.25, -0.2) is 14.6 Å². The zero-order chi connectivity index (χ0) is 41.0. The summed E-state index contributed by atoms with van der Waals surface area (Å²) < 4.78 is 67.5. The Balaban J connectivity index is 0.000000506. The Bertz CT molecular complexity index is 2430. The standard InChI is InChI=1S/C39H31NO4.C2H3F3O3S.CH2Cl2/c1-25-13-15-28(16-14-25)17-18-29-19-20-35-33(23-29)36(32-11-7-8-12-34(32)40-35)39(42)44-37-26(2)21-31(22-27(37)3)38(41)43-24-30-9-5-4-6-10-30;1-8-9(6,7)2(3,4)5;2-1-3/h4-23H,24H2,1-3H3;1H3;1H2/b18-17+;;. The van der Waals surface area contributed by atoms with Crippen molar-refractivity contribution >= 4 is 79.2 Å². The Morgan fingerprint density at radius 2 is 1.29 bits per heavy atom. The van der Waals surface area contributed by atoms with Crippen LogP contribution in [0.4, 0.5) is 13.2 Å². The van der Waals surface area contributed by atoms with Gasteiger partial charge < -0.3 is 9.47 Å². The van der Waals surface area contributed by atoms with E-state index >= 15 is 0 Å². The lowest BCUT2D eigenvalue weighted by Crippen LogP contribution is -2.23. The van der Waals surface area contributed by atoms with Gasteiger partial charge in [0, 0.05) is 10.8 Å². The van der Waals surface area contributed by atoms with Gasteiger partial charge in [-0.2, -0.15) is 21.6 Å². The van der Waals surface area contributed by atoms with Crippen LogP contribution in [0.15, 0.2) is 109 Å². The summed E-state index contributed by atoms with van der Waals surface area (Å²) in [6, 6.07) is 34.7. The van der Waals surface area contributed by atoms with E-state index in [2.05, 4.69) is 35.4 Å². The minimum Gasteiger partial charge on any atom is -0.457 e. The Hall–Kier alpha value is -5.27. The average Bonchev–Trinajstić information content (AvgIpc) is 3.17. The molecule has 0 unspecified atom stereocenters. The Morgan fingerprint density at radius 1 is 0.732 bits per heavy atom. The van der Waals surface area contributed by atoms with Crippen LogP contribution in [0.25, 0.3) is 34.0 Å². The SMILES string of the molecule is COS(=O)(=O)C(F)(F)F.Cc1ccc(/C=C/c2ccc3nc4ccccc4c(C(=O)Oc4c(C)cc(C(=O)OCc5ccccc5)cc4C)c3c2)cc1.ClCCl. The average molecular weight is 827 g/mol. The van der Waals surface area contributed by atoms with E-state index in [9.17, 15) is 31.2 Å². The van der Waals surface area contributed by atoms with Crippen LogP contribution in [-0.4, -0.2) is 43.3 Å². The van der Waals surface area contributed by atoms with Crippen molar-refractivity contribution in [3.8, 4) is 5.75 Å². The number of fused-ring (bicyclic) bond motifs is 2. The van der Waals surface area contributed by atoms with Gasteiger partial charge in [0.1, 0.15) is 12.4 Å². The molecule has 0 aliphatic carbocycles. The lowest BCUT2D eigenvalue weighted by molar-refractivity contribution is -0.0526. The van der Waals surface area contributed by atoms with Crippen LogP contribution in [0, 0.1) is 20.8 Å². The highest BCUT2D eigenvalue weighted by Crippen LogP contribution is 2.31. The quantitative estimate of drug-likeness (QED) is 0.0284. The molecule has 56 heavy (non-hydrogen) atoms. The number of rotatable bonds is 8. The van der Waals surface area contributed by atoms with Crippen molar-refractivity contribution in [1.82, 2.24) is 4.98 Å². The molecule has 0 radical (unpaired) electrons. The molecule has 8 nitrogen and oxygen atoms in total. The number of ether oxygens (including phenoxy) is 2. The molecule has 1 aromatic heterocycles. The molecular formula is C42H36Cl2F3NO7S. The number of benzene rings is 5. The Kier molecular flexibility index (Phi) is 15.2. The van der Waals surface area contributed by atoms with Gasteiger partial charge in [-0.05, 0) is 78.9 Å². The van der Waals surface area contributed by atoms with Crippen LogP contribution in [0.5, 0.6) is 5.75 Å². The van der Waals surface area contributed by atoms with Gasteiger partial charge >= 0.3 is 27.6 Å². The molecule has 1 heterocycles. The predicted octanol–water partition coefficient (Wildman–Crippen LogP) is 11.0. The van der Waals surface area contributed by atoms with Gasteiger partial charge in [-0.15, -0.1) is 23.2 Å². The number of aromatic nitrogens is 1. The van der Waals surface area contributed by atoms with E-state index < -0.39 is 27.6 Å². The number of para-hydroxylation sites is 1. The third-order valence-electron chi connectivity index (χ3n) is 8.06. The van der Waals surface area contributed by atoms with Gasteiger partial charge in [0.2, 0.25) is 0 Å². The molecule has 0 bridgehead atoms. The fourth-order valence-electron chi connectivity index (χ4n) is 5.38. The highest BCUT2D eigenvalue weighted by molar-refractivity contribution is 7.87. The number of aryl methyl sites for hydroxylation is 3. The lowest BCUT2D eigenvalue weighted by atomic mass is 10.00. The highest BCUT2D eigenvalue weighted by atomic mass is 35.5. The fraction of sp³-hybridized carbons (Fsp3) is 0.167. The van der Waals surface area contributed by atoms with E-state index in [4.69, 9.17) is 37.7 Å². The van der Waals surface area contributed by atoms with Crippen molar-refractivity contribution in [1.29, 1.82) is 0 Å². The fourth-order valence-corrected chi connectivity index (χ4v) is 5.57. The second-order valence-corrected chi connectivity index (χ2v) is 14.6. The number of nitrogens with zero attached hydrogens (tertiary/aromatic N) is 1. The van der Waals surface area contributed by atoms with Gasteiger partial charge in [-0.3, -0.25) is 4.18 Å². The summed E-state index contributed by atoms with van der Waals surface area (Å²) in [7, 11) is -4.89. The van der Waals surface area contributed by atoms with Crippen LogP contribution in [0.1, 0.15) is 54.1 Å². The van der Waals surface area contributed by atoms with E-state index in [1.807, 2.05) is 98.8 Å². The normalized spacial score (nSPS) is 11.4. The minimum atomic E-state index is -5.34. The summed E-state index contributed by atoms with van der Waals surface area (Å²) in [5.41, 5.74) is 2.42. The van der Waals surface area contributed by atoms with Gasteiger partial charge in [0.05, 0.1) is 34.6 Å². The zero-order valence-corrected chi connectivity index (χ0v) is 32.9. The van der Waals surface area contributed by atoms with E-state index in [1.165, 1.54) is 5.56 Å². The topological polar surface area (TPSA) is 109 Å². The van der Waals surface area contributed by atoms with Crippen molar-refractivity contribution in [2.24, 2.45) is 0 Å². The first-order valence-corrected chi connectivity index (χ1v) is 19.2. The molecule has 0 atom stereocenters. The summed E-state index contributed by atoms with van der Waals surface area (Å²) in [5.74, 6) is -0.506. The molecule has 0 aliphatic rings. The van der Waals surface area contributed by atoms with Crippen LogP contribution in [-0.2, 0) is 25.6 Å². The van der Waals surface area contributed by atoms with Gasteiger partial charge in [-0.1, -0.05) is 96.6 Å². The molecule has 6 aromatic rings. The Morgan fingerprint density at radius 3 is 1.88 bits per heavy atom. The summed E-state index contributed by atoms with van der Waals surface area (Å²) in [6.07, 6.45) is 4.07. The number of pyridine rings is 1. The maximum atomic E-state index is 14.0. The molecule has 0 N–H and O–H groups in total. The van der Waals surface area contributed by atoms with Crippen LogP contribution in [0.2, 0.25) is 0 Å². The largest absolute Gasteiger partial charge is 0.523 e. The molecule has 0 fully saturated rings. The van der Waals surface area contributed by atoms with E-state index in [-0.39, 0.29) is 11.9 Å². The monoisotopic (exact) mass is 825 g/mol. The highest BCUT2D eigenvalue weighted by Gasteiger charge is 2.46. The first-order valence-electron chi connectivity index (χ1n) is 16.7. The zero-order valence-electron chi connectivity index (χ0n) is 30.6. The predicted molar refractivity (Wildman–Crippen MR) is 214 cm³/mol. The molecule has 0 aliphatic heterocycles. The molecule has 0 amide bonds. The molecule has 0 spiro atoms. The number of esters is 2. The van der Waals surface area contributed by atoms with Crippen LogP contribution in [0.3, 0.4) is 0 Å². The molecule has 6 rings (SSSR count). The third-order valence-corrected chi connectivity index (χ3v) is 9.07. The van der Waals surface area contributed by atoms with Crippen LogP contribution >= 0.6 is 23.2 Å². The maximum Gasteiger partial charge on any atom is 0.523 e. The second-order valence-electron chi connectivity index (χ2n) is 12.1. The number of carbonyl (C=O) groups is 2. The van der Waals surface area contributed by atoms with Gasteiger partial charge in [0.15, 0.2) is 0 Å². The summed E-state index contributed by atoms with van der Waals surface area (Å²) in [5, 5.41) is 1.61. The van der Waals surface area contributed by atoms with Gasteiger partial charge in [0.25, 0.3) is 0 Å². The van der Waals surface area contributed by atoms with E-state index in [0.717, 1.165) is 16.7 Å². The van der Waals surface area contributed by atoms with Crippen LogP contribution < -0.4 is 4.74 Å². The molecular weight excluding hydrogens is 790 g/mol. The van der Waals surface area contributed by atoms with E-state index in [0.29, 0.717) is 56.9 Å². The second kappa shape index (κ2) is 19.5. The maximum absolute atomic E-state index is 14.0. The number of hydrogen-bond acceptors (Lipinski definition) is 8. The molecule has 0 saturated heterocycles. The van der Waals surface area contributed by atoms with E-state index in [1.54, 1.807) is 12.1 Å². The molecule has 5 aromatic carbocycles. The van der Waals surface area contributed by atoms with Crippen molar-refractivity contribution in [3.05, 3.63) is 154 Å². The molecule has 292 valence electrons. The van der Waals surface area contributed by atoms with Crippen molar-refractivity contribution in [2.75, 3.05) is 12.4 Å². The minimum absolute atomic E-state index is 0.179. The number of alkyl halides is 5. The van der Waals surface area contributed by atoms with Crippen molar-refractivity contribution < 1.29 is 44.8 Å². The lowest BCUT2D eigenvalue weighted by Gasteiger charge is -2.15. The van der Waals surface area contributed by atoms with Crippen molar-refractivity contribution in [3.63, 3.8) is 0 Å². The summed E-state index contributed by atoms with van der Waals surface area (Å²) >= 11 is 9.53. The molecule has 0 saturated carbocycles. The Labute approximate surface area is 332 Å². The van der Waals surface area contributed by atoms with Crippen molar-refractivity contribution in [2.45, 2.75) is 32.9 Å². The number of hydrogen-bond donors (Lipinski definition) is 0. The first-order chi connectivity index (χ1) is 26.6. The number of carbonyl (C=O) groups excluding carboxylic acids is 2. The third kappa shape index (κ3) is 11.4. The summed E-state index contributed by atoms with van der Waals surface area (Å²) in [6.45, 7) is 5.88. The molecule has 14 heteroatoms. The first kappa shape index (κ1) is 43.5. The smallest absolute Gasteiger partial charge is 0.457 e. The summed E-state index contributed by atoms with van der Waals surface area (Å²) in [4.78, 5) is 31.6.